The van der Waals surface area contributed by atoms with Crippen LogP contribution in [0.25, 0.3) is 0 Å². The molecule has 1 aliphatic heterocycles. The Morgan fingerprint density at radius 2 is 2.00 bits per heavy atom. The lowest BCUT2D eigenvalue weighted by Gasteiger charge is -2.24. The maximum Gasteiger partial charge on any atom is 0.269 e. The zero-order valence-electron chi connectivity index (χ0n) is 12.9. The number of aromatic nitrogens is 3. The molecule has 1 saturated heterocycles. The zero-order valence-corrected chi connectivity index (χ0v) is 12.9. The van der Waals surface area contributed by atoms with Gasteiger partial charge in [0.25, 0.3) is 5.69 Å². The fourth-order valence-electron chi connectivity index (χ4n) is 2.72. The number of oxime groups is 1. The molecule has 1 atom stereocenters. The van der Waals surface area contributed by atoms with E-state index in [1.54, 1.807) is 13.8 Å². The Morgan fingerprint density at radius 1 is 1.33 bits per heavy atom. The van der Waals surface area contributed by atoms with E-state index in [4.69, 9.17) is 0 Å². The molecular weight excluding hydrogens is 316 g/mol. The van der Waals surface area contributed by atoms with Gasteiger partial charge in [0.05, 0.1) is 10.3 Å². The molecule has 0 aliphatic carbocycles. The summed E-state index contributed by atoms with van der Waals surface area (Å²) in [5.74, 6) is -0.315. The summed E-state index contributed by atoms with van der Waals surface area (Å²) in [6.45, 7) is 3.28. The van der Waals surface area contributed by atoms with E-state index in [-0.39, 0.29) is 17.3 Å². The molecule has 0 spiro atoms. The molecule has 10 heteroatoms. The largest absolute Gasteiger partial charge is 0.411 e. The summed E-state index contributed by atoms with van der Waals surface area (Å²) in [7, 11) is 0. The normalized spacial score (nSPS) is 21.4. The molecule has 2 aromatic rings. The van der Waals surface area contributed by atoms with Crippen molar-refractivity contribution in [2.45, 2.75) is 20.0 Å². The number of nitro groups is 1. The minimum Gasteiger partial charge on any atom is -0.411 e. The average molecular weight is 330 g/mol. The van der Waals surface area contributed by atoms with Crippen molar-refractivity contribution in [2.24, 2.45) is 10.6 Å². The van der Waals surface area contributed by atoms with Gasteiger partial charge in [-0.3, -0.25) is 19.8 Å². The summed E-state index contributed by atoms with van der Waals surface area (Å²) in [5.41, 5.74) is -0.514. The summed E-state index contributed by atoms with van der Waals surface area (Å²) in [5, 5.41) is 27.6. The molecule has 0 saturated carbocycles. The van der Waals surface area contributed by atoms with Crippen LogP contribution in [0, 0.1) is 15.5 Å². The highest BCUT2D eigenvalue weighted by Crippen LogP contribution is 2.41. The van der Waals surface area contributed by atoms with E-state index in [1.165, 1.54) is 46.5 Å². The van der Waals surface area contributed by atoms with Crippen LogP contribution in [-0.4, -0.2) is 36.5 Å². The summed E-state index contributed by atoms with van der Waals surface area (Å²) in [6.07, 6.45) is 1.91. The number of benzene rings is 1. The molecule has 0 bridgehead atoms. The van der Waals surface area contributed by atoms with Crippen molar-refractivity contribution in [3.05, 3.63) is 47.0 Å². The monoisotopic (exact) mass is 330 g/mol. The molecule has 10 nitrogen and oxygen atoms in total. The average Bonchev–Trinajstić information content (AvgIpc) is 3.14. The summed E-state index contributed by atoms with van der Waals surface area (Å²) < 4.78 is 1.39. The number of nitro benzene ring substituents is 1. The SMILES string of the molecule is CC1(C)C(=O)N(c2ccc([N+](=O)[O-])cc2)C(n2cncn2)C1=NO. The van der Waals surface area contributed by atoms with Crippen LogP contribution in [0.1, 0.15) is 20.0 Å². The van der Waals surface area contributed by atoms with Crippen LogP contribution in [0.5, 0.6) is 0 Å². The molecule has 1 fully saturated rings. The van der Waals surface area contributed by atoms with Crippen LogP contribution in [0.2, 0.25) is 0 Å². The van der Waals surface area contributed by atoms with Crippen LogP contribution in [0.4, 0.5) is 11.4 Å². The van der Waals surface area contributed by atoms with Gasteiger partial charge in [0.15, 0.2) is 6.17 Å². The number of nitrogens with zero attached hydrogens (tertiary/aromatic N) is 6. The first-order valence-corrected chi connectivity index (χ1v) is 7.02. The third-order valence-corrected chi connectivity index (χ3v) is 4.02. The van der Waals surface area contributed by atoms with Gasteiger partial charge < -0.3 is 5.21 Å². The fraction of sp³-hybridized carbons (Fsp3) is 0.286. The number of hydrogen-bond acceptors (Lipinski definition) is 7. The first-order chi connectivity index (χ1) is 11.4. The number of anilines is 1. The highest BCUT2D eigenvalue weighted by Gasteiger charge is 2.53. The molecule has 24 heavy (non-hydrogen) atoms. The predicted octanol–water partition coefficient (Wildman–Crippen LogP) is 1.59. The minimum atomic E-state index is -1.06. The number of rotatable bonds is 3. The highest BCUT2D eigenvalue weighted by molar-refractivity contribution is 6.22. The van der Waals surface area contributed by atoms with E-state index in [1.807, 2.05) is 0 Å². The van der Waals surface area contributed by atoms with Gasteiger partial charge >= 0.3 is 0 Å². The van der Waals surface area contributed by atoms with Gasteiger partial charge in [-0.1, -0.05) is 5.16 Å². The van der Waals surface area contributed by atoms with Gasteiger partial charge in [-0.2, -0.15) is 5.10 Å². The van der Waals surface area contributed by atoms with Crippen molar-refractivity contribution in [1.82, 2.24) is 14.8 Å². The Bertz CT molecular complexity index is 812. The second-order valence-electron chi connectivity index (χ2n) is 5.81. The second kappa shape index (κ2) is 5.41. The molecule has 1 unspecified atom stereocenters. The molecule has 1 aromatic heterocycles. The van der Waals surface area contributed by atoms with E-state index in [9.17, 15) is 20.1 Å². The quantitative estimate of drug-likeness (QED) is 0.517. The smallest absolute Gasteiger partial charge is 0.269 e. The van der Waals surface area contributed by atoms with E-state index in [0.717, 1.165) is 0 Å². The highest BCUT2D eigenvalue weighted by atomic mass is 16.6. The summed E-state index contributed by atoms with van der Waals surface area (Å²) >= 11 is 0. The Labute approximate surface area is 136 Å². The Kier molecular flexibility index (Phi) is 3.51. The Morgan fingerprint density at radius 3 is 2.50 bits per heavy atom. The van der Waals surface area contributed by atoms with Crippen molar-refractivity contribution >= 4 is 23.0 Å². The number of hydrogen-bond donors (Lipinski definition) is 1. The zero-order chi connectivity index (χ0) is 17.5. The van der Waals surface area contributed by atoms with Gasteiger partial charge in [-0.25, -0.2) is 9.67 Å². The van der Waals surface area contributed by atoms with Crippen molar-refractivity contribution in [1.29, 1.82) is 0 Å². The van der Waals surface area contributed by atoms with Gasteiger partial charge in [0.2, 0.25) is 5.91 Å². The molecule has 3 rings (SSSR count). The number of amides is 1. The number of carbonyl (C=O) groups excluding carboxylic acids is 1. The lowest BCUT2D eigenvalue weighted by molar-refractivity contribution is -0.384. The number of non-ortho nitro benzene ring substituents is 1. The molecule has 2 heterocycles. The third kappa shape index (κ3) is 2.19. The lowest BCUT2D eigenvalue weighted by Crippen LogP contribution is -2.34. The van der Waals surface area contributed by atoms with Gasteiger partial charge in [0.1, 0.15) is 18.4 Å². The Hall–Kier alpha value is -3.30. The van der Waals surface area contributed by atoms with Crippen LogP contribution < -0.4 is 4.90 Å². The van der Waals surface area contributed by atoms with Crippen LogP contribution in [0.3, 0.4) is 0 Å². The standard InChI is InChI=1S/C14H14N6O4/c1-14(2)11(17-22)12(18-8-15-7-16-18)19(13(14)21)9-3-5-10(6-4-9)20(23)24/h3-8,12,22H,1-2H3. The first-order valence-electron chi connectivity index (χ1n) is 7.02. The number of carbonyl (C=O) groups is 1. The molecule has 1 N–H and O–H groups in total. The van der Waals surface area contributed by atoms with Crippen molar-refractivity contribution in [2.75, 3.05) is 4.90 Å². The molecule has 0 radical (unpaired) electrons. The second-order valence-corrected chi connectivity index (χ2v) is 5.81. The van der Waals surface area contributed by atoms with Gasteiger partial charge in [0, 0.05) is 17.8 Å². The lowest BCUT2D eigenvalue weighted by atomic mass is 9.89. The van der Waals surface area contributed by atoms with Crippen molar-refractivity contribution in [3.63, 3.8) is 0 Å². The van der Waals surface area contributed by atoms with Crippen LogP contribution >= 0.6 is 0 Å². The third-order valence-electron chi connectivity index (χ3n) is 4.02. The van der Waals surface area contributed by atoms with Gasteiger partial charge in [-0.15, -0.1) is 0 Å². The molecule has 1 amide bonds. The topological polar surface area (TPSA) is 127 Å². The maximum atomic E-state index is 12.9. The fourth-order valence-corrected chi connectivity index (χ4v) is 2.72. The van der Waals surface area contributed by atoms with Crippen molar-refractivity contribution < 1.29 is 14.9 Å². The predicted molar refractivity (Wildman–Crippen MR) is 82.6 cm³/mol. The molecule has 1 aromatic carbocycles. The summed E-state index contributed by atoms with van der Waals surface area (Å²) in [6, 6.07) is 5.55. The molecule has 1 aliphatic rings. The molecule has 124 valence electrons. The summed E-state index contributed by atoms with van der Waals surface area (Å²) in [4.78, 5) is 28.4. The van der Waals surface area contributed by atoms with Crippen molar-refractivity contribution in [3.8, 4) is 0 Å². The van der Waals surface area contributed by atoms with Crippen LogP contribution in [-0.2, 0) is 4.79 Å². The van der Waals surface area contributed by atoms with Gasteiger partial charge in [-0.05, 0) is 26.0 Å². The van der Waals surface area contributed by atoms with Crippen LogP contribution in [0.15, 0.2) is 42.1 Å². The first kappa shape index (κ1) is 15.6. The Balaban J connectivity index is 2.12. The van der Waals surface area contributed by atoms with E-state index < -0.39 is 16.5 Å². The molecular formula is C14H14N6O4. The van der Waals surface area contributed by atoms with E-state index in [0.29, 0.717) is 5.69 Å². The maximum absolute atomic E-state index is 12.9. The minimum absolute atomic E-state index is 0.0852. The van der Waals surface area contributed by atoms with E-state index in [2.05, 4.69) is 15.2 Å². The van der Waals surface area contributed by atoms with E-state index >= 15 is 0 Å².